The summed E-state index contributed by atoms with van der Waals surface area (Å²) in [5.74, 6) is -3.58. The van der Waals surface area contributed by atoms with E-state index in [9.17, 15) is 30.4 Å². The average molecular weight is 539 g/mol. The van der Waals surface area contributed by atoms with Crippen LogP contribution in [0.2, 0.25) is 0 Å². The van der Waals surface area contributed by atoms with Gasteiger partial charge in [0.05, 0.1) is 41.5 Å². The molecular weight excluding hydrogens is 514 g/mol. The molecule has 1 saturated heterocycles. The minimum atomic E-state index is -4.17. The Bertz CT molecular complexity index is 1570. The van der Waals surface area contributed by atoms with Crippen molar-refractivity contribution in [2.24, 2.45) is 0 Å². The second-order valence-electron chi connectivity index (χ2n) is 9.32. The van der Waals surface area contributed by atoms with Gasteiger partial charge in [-0.3, -0.25) is 14.2 Å². The van der Waals surface area contributed by atoms with Gasteiger partial charge in [-0.15, -0.1) is 0 Å². The zero-order valence-corrected chi connectivity index (χ0v) is 20.9. The Morgan fingerprint density at radius 3 is 2.39 bits per heavy atom. The molecule has 0 radical (unpaired) electrons. The second kappa shape index (κ2) is 8.60. The largest absolute Gasteiger partial charge is 0.287 e. The predicted octanol–water partition coefficient (Wildman–Crippen LogP) is 3.39. The number of rotatable bonds is 7. The topological polar surface area (TPSA) is 118 Å². The molecule has 3 aromatic rings. The summed E-state index contributed by atoms with van der Waals surface area (Å²) in [4.78, 5) is 13.3. The molecule has 1 saturated carbocycles. The maximum absolute atomic E-state index is 13.5. The summed E-state index contributed by atoms with van der Waals surface area (Å²) in [6.45, 7) is -1.79. The first-order valence-corrected chi connectivity index (χ1v) is 14.7. The van der Waals surface area contributed by atoms with Crippen molar-refractivity contribution in [3.05, 3.63) is 53.7 Å². The van der Waals surface area contributed by atoms with E-state index < -0.39 is 44.8 Å². The number of anilines is 1. The number of nitrogens with one attached hydrogen (secondary N) is 1. The van der Waals surface area contributed by atoms with Gasteiger partial charge in [0.1, 0.15) is 5.69 Å². The number of hydrogen-bond donors (Lipinski definition) is 1. The van der Waals surface area contributed by atoms with E-state index in [1.54, 1.807) is 16.8 Å². The Morgan fingerprint density at radius 1 is 1.06 bits per heavy atom. The number of sulfonamides is 2. The van der Waals surface area contributed by atoms with Gasteiger partial charge in [-0.25, -0.2) is 25.6 Å². The van der Waals surface area contributed by atoms with Crippen LogP contribution in [0.4, 0.5) is 14.5 Å². The maximum atomic E-state index is 13.5. The molecule has 2 aromatic carbocycles. The zero-order valence-electron chi connectivity index (χ0n) is 19.3. The van der Waals surface area contributed by atoms with E-state index in [1.807, 2.05) is 0 Å². The lowest BCUT2D eigenvalue weighted by atomic mass is 10.1. The van der Waals surface area contributed by atoms with E-state index in [1.165, 1.54) is 30.3 Å². The highest BCUT2D eigenvalue weighted by Gasteiger charge is 2.49. The number of nitrogens with zero attached hydrogens (tertiary/aromatic N) is 3. The van der Waals surface area contributed by atoms with Gasteiger partial charge in [0.2, 0.25) is 25.8 Å². The van der Waals surface area contributed by atoms with Crippen LogP contribution in [0.15, 0.2) is 47.4 Å². The number of carbonyl (C=O) groups is 1. The third-order valence-electron chi connectivity index (χ3n) is 6.45. The number of carbonyl (C=O) groups excluding carboxylic acids is 1. The summed E-state index contributed by atoms with van der Waals surface area (Å²) in [6, 6.07) is 10.1. The van der Waals surface area contributed by atoms with Crippen molar-refractivity contribution in [3.63, 3.8) is 0 Å². The van der Waals surface area contributed by atoms with E-state index in [0.717, 1.165) is 31.9 Å². The van der Waals surface area contributed by atoms with Gasteiger partial charge in [-0.2, -0.15) is 9.40 Å². The van der Waals surface area contributed by atoms with Crippen molar-refractivity contribution in [1.29, 1.82) is 0 Å². The van der Waals surface area contributed by atoms with Crippen LogP contribution in [0.5, 0.6) is 0 Å². The summed E-state index contributed by atoms with van der Waals surface area (Å²) >= 11 is 0. The summed E-state index contributed by atoms with van der Waals surface area (Å²) in [7, 11) is -7.69. The number of ketones is 1. The smallest absolute Gasteiger partial charge is 0.275 e. The fourth-order valence-corrected chi connectivity index (χ4v) is 6.83. The normalized spacial score (nSPS) is 18.9. The first-order chi connectivity index (χ1) is 16.8. The Balaban J connectivity index is 1.54. The molecule has 0 atom stereocenters. The minimum absolute atomic E-state index is 0.0438. The summed E-state index contributed by atoms with van der Waals surface area (Å²) in [5, 5.41) is 5.09. The number of fused-ring (bicyclic) bond motifs is 1. The molecule has 36 heavy (non-hydrogen) atoms. The fourth-order valence-electron chi connectivity index (χ4n) is 4.73. The SMILES string of the molecule is CS(=O)(=O)Nc1ccc2c(C(=O)c3cccc(S(=O)(=O)N4CC(F)(F)C4)c3)nn(C3CCCC3)c2c1. The summed E-state index contributed by atoms with van der Waals surface area (Å²) < 4.78 is 80.3. The molecule has 5 rings (SSSR count). The standard InChI is InChI=1S/C23H24F2N4O5S2/c1-35(31,32)27-16-9-10-19-20(12-16)29(17-6-2-3-7-17)26-21(19)22(30)15-5-4-8-18(11-15)36(33,34)28-13-23(24,25)14-28/h4-5,8-12,17,27H,2-3,6-7,13-14H2,1H3. The highest BCUT2D eigenvalue weighted by molar-refractivity contribution is 7.92. The average Bonchev–Trinajstić information content (AvgIpc) is 3.43. The van der Waals surface area contributed by atoms with Crippen LogP contribution in [-0.2, 0) is 20.0 Å². The monoisotopic (exact) mass is 538 g/mol. The van der Waals surface area contributed by atoms with Gasteiger partial charge in [0, 0.05) is 10.9 Å². The maximum Gasteiger partial charge on any atom is 0.275 e. The first kappa shape index (κ1) is 24.8. The molecule has 0 unspecified atom stereocenters. The molecule has 1 aliphatic carbocycles. The number of hydrogen-bond acceptors (Lipinski definition) is 6. The van der Waals surface area contributed by atoms with Gasteiger partial charge in [-0.1, -0.05) is 25.0 Å². The molecule has 0 bridgehead atoms. The van der Waals surface area contributed by atoms with Crippen LogP contribution >= 0.6 is 0 Å². The highest BCUT2D eigenvalue weighted by Crippen LogP contribution is 2.35. The van der Waals surface area contributed by atoms with Crippen molar-refractivity contribution in [3.8, 4) is 0 Å². The molecule has 9 nitrogen and oxygen atoms in total. The minimum Gasteiger partial charge on any atom is -0.287 e. The zero-order chi connectivity index (χ0) is 25.9. The molecule has 13 heteroatoms. The molecule has 1 aliphatic heterocycles. The van der Waals surface area contributed by atoms with E-state index in [0.29, 0.717) is 20.9 Å². The second-order valence-corrected chi connectivity index (χ2v) is 13.0. The van der Waals surface area contributed by atoms with E-state index in [-0.39, 0.29) is 22.2 Å². The van der Waals surface area contributed by atoms with Gasteiger partial charge in [0.15, 0.2) is 0 Å². The van der Waals surface area contributed by atoms with Gasteiger partial charge < -0.3 is 0 Å². The van der Waals surface area contributed by atoms with Crippen molar-refractivity contribution >= 4 is 42.4 Å². The van der Waals surface area contributed by atoms with Crippen molar-refractivity contribution in [2.75, 3.05) is 24.1 Å². The Kier molecular flexibility index (Phi) is 5.92. The third-order valence-corrected chi connectivity index (χ3v) is 8.84. The van der Waals surface area contributed by atoms with Crippen LogP contribution in [0, 0.1) is 0 Å². The molecule has 0 spiro atoms. The third kappa shape index (κ3) is 4.62. The molecular formula is C23H24F2N4O5S2. The molecule has 2 heterocycles. The molecule has 2 fully saturated rings. The Morgan fingerprint density at radius 2 is 1.75 bits per heavy atom. The summed E-state index contributed by atoms with van der Waals surface area (Å²) in [6.07, 6.45) is 4.78. The van der Waals surface area contributed by atoms with Crippen molar-refractivity contribution in [1.82, 2.24) is 14.1 Å². The van der Waals surface area contributed by atoms with Crippen LogP contribution < -0.4 is 4.72 Å². The number of halogens is 2. The van der Waals surface area contributed by atoms with Crippen molar-refractivity contribution < 1.29 is 30.4 Å². The van der Waals surface area contributed by atoms with Gasteiger partial charge >= 0.3 is 0 Å². The highest BCUT2D eigenvalue weighted by atomic mass is 32.2. The molecule has 0 amide bonds. The predicted molar refractivity (Wildman–Crippen MR) is 129 cm³/mol. The van der Waals surface area contributed by atoms with Crippen LogP contribution in [-0.4, -0.2) is 62.0 Å². The first-order valence-electron chi connectivity index (χ1n) is 11.4. The fraction of sp³-hybridized carbons (Fsp3) is 0.391. The van der Waals surface area contributed by atoms with Gasteiger partial charge in [0.25, 0.3) is 5.92 Å². The lowest BCUT2D eigenvalue weighted by Crippen LogP contribution is -2.58. The van der Waals surface area contributed by atoms with E-state index in [2.05, 4.69) is 9.82 Å². The number of benzene rings is 2. The molecule has 192 valence electrons. The van der Waals surface area contributed by atoms with Crippen molar-refractivity contribution in [2.45, 2.75) is 42.5 Å². The Labute approximate surface area is 207 Å². The number of aromatic nitrogens is 2. The molecule has 1 N–H and O–H groups in total. The summed E-state index contributed by atoms with van der Waals surface area (Å²) in [5.41, 5.74) is 1.08. The number of alkyl halides is 2. The lowest BCUT2D eigenvalue weighted by Gasteiger charge is -2.37. The molecule has 2 aliphatic rings. The van der Waals surface area contributed by atoms with E-state index in [4.69, 9.17) is 0 Å². The van der Waals surface area contributed by atoms with Gasteiger partial charge in [-0.05, 0) is 43.2 Å². The quantitative estimate of drug-likeness (QED) is 0.461. The van der Waals surface area contributed by atoms with Crippen LogP contribution in [0.25, 0.3) is 10.9 Å². The Hall–Kier alpha value is -2.90. The van der Waals surface area contributed by atoms with Crippen LogP contribution in [0.3, 0.4) is 0 Å². The lowest BCUT2D eigenvalue weighted by molar-refractivity contribution is -0.0945. The van der Waals surface area contributed by atoms with E-state index >= 15 is 0 Å². The molecule has 1 aromatic heterocycles. The van der Waals surface area contributed by atoms with Crippen LogP contribution in [0.1, 0.15) is 47.8 Å².